The lowest BCUT2D eigenvalue weighted by Crippen LogP contribution is -2.53. The lowest BCUT2D eigenvalue weighted by atomic mass is 9.70. The maximum absolute atomic E-state index is 12.9. The molecule has 3 heterocycles. The highest BCUT2D eigenvalue weighted by Gasteiger charge is 2.40. The topological polar surface area (TPSA) is 50.8 Å². The van der Waals surface area contributed by atoms with Gasteiger partial charge in [-0.05, 0) is 84.5 Å². The number of methoxy groups -OCH3 is 1. The Balaban J connectivity index is 1.35. The maximum atomic E-state index is 12.9. The fourth-order valence-corrected chi connectivity index (χ4v) is 5.72. The first-order chi connectivity index (χ1) is 15.4. The van der Waals surface area contributed by atoms with Crippen LogP contribution in [0.2, 0.25) is 0 Å². The first kappa shape index (κ1) is 21.3. The van der Waals surface area contributed by atoms with Crippen molar-refractivity contribution in [2.75, 3.05) is 26.7 Å². The van der Waals surface area contributed by atoms with E-state index in [1.807, 2.05) is 12.1 Å². The molecule has 3 saturated heterocycles. The van der Waals surface area contributed by atoms with E-state index >= 15 is 0 Å². The molecule has 1 aliphatic carbocycles. The number of amides is 1. The van der Waals surface area contributed by atoms with Gasteiger partial charge in [0.25, 0.3) is 0 Å². The Hall–Kier alpha value is -2.53. The van der Waals surface area contributed by atoms with Crippen LogP contribution in [0.15, 0.2) is 42.5 Å². The van der Waals surface area contributed by atoms with Crippen molar-refractivity contribution < 1.29 is 14.3 Å². The highest BCUT2D eigenvalue weighted by molar-refractivity contribution is 5.70. The Morgan fingerprint density at radius 2 is 1.88 bits per heavy atom. The van der Waals surface area contributed by atoms with Crippen LogP contribution in [0.4, 0.5) is 4.79 Å². The molecule has 3 fully saturated rings. The molecule has 2 bridgehead atoms. The predicted molar refractivity (Wildman–Crippen MR) is 126 cm³/mol. The van der Waals surface area contributed by atoms with Crippen molar-refractivity contribution in [1.29, 1.82) is 0 Å². The maximum Gasteiger partial charge on any atom is 0.407 e. The van der Waals surface area contributed by atoms with Gasteiger partial charge in [-0.15, -0.1) is 0 Å². The van der Waals surface area contributed by atoms with Gasteiger partial charge in [-0.1, -0.05) is 44.2 Å². The second-order valence-electron chi connectivity index (χ2n) is 10.3. The molecule has 3 aliphatic heterocycles. The summed E-state index contributed by atoms with van der Waals surface area (Å²) in [7, 11) is 1.69. The molecular formula is C27H34N2O3. The average molecular weight is 435 g/mol. The zero-order chi connectivity index (χ0) is 22.3. The third kappa shape index (κ3) is 4.11. The molecule has 2 aromatic carbocycles. The molecule has 0 radical (unpaired) electrons. The number of hydrogen-bond acceptors (Lipinski definition) is 4. The van der Waals surface area contributed by atoms with Crippen LogP contribution in [-0.4, -0.2) is 43.8 Å². The van der Waals surface area contributed by atoms with Gasteiger partial charge in [-0.3, -0.25) is 4.90 Å². The minimum atomic E-state index is -0.272. The monoisotopic (exact) mass is 434 g/mol. The van der Waals surface area contributed by atoms with E-state index in [4.69, 9.17) is 9.47 Å². The number of aryl methyl sites for hydroxylation is 1. The van der Waals surface area contributed by atoms with E-state index in [1.165, 1.54) is 16.7 Å². The summed E-state index contributed by atoms with van der Waals surface area (Å²) in [5.74, 6) is 1.37. The lowest BCUT2D eigenvalue weighted by Gasteiger charge is -2.44. The highest BCUT2D eigenvalue weighted by Crippen LogP contribution is 2.44. The van der Waals surface area contributed by atoms with Gasteiger partial charge in [0.15, 0.2) is 0 Å². The molecule has 2 aromatic rings. The summed E-state index contributed by atoms with van der Waals surface area (Å²) in [5.41, 5.74) is 4.80. The van der Waals surface area contributed by atoms with Crippen molar-refractivity contribution in [2.24, 2.45) is 11.3 Å². The normalized spacial score (nSPS) is 28.0. The zero-order valence-electron chi connectivity index (χ0n) is 19.4. The van der Waals surface area contributed by atoms with Gasteiger partial charge >= 0.3 is 6.09 Å². The van der Waals surface area contributed by atoms with Crippen LogP contribution in [0.25, 0.3) is 11.1 Å². The summed E-state index contributed by atoms with van der Waals surface area (Å²) in [6.45, 7) is 7.65. The van der Waals surface area contributed by atoms with E-state index in [0.717, 1.165) is 56.6 Å². The van der Waals surface area contributed by atoms with E-state index < -0.39 is 0 Å². The minimum absolute atomic E-state index is 0.0270. The molecule has 5 nitrogen and oxygen atoms in total. The minimum Gasteiger partial charge on any atom is -0.497 e. The Labute approximate surface area is 191 Å². The van der Waals surface area contributed by atoms with Gasteiger partial charge in [0.05, 0.1) is 13.2 Å². The van der Waals surface area contributed by atoms with Gasteiger partial charge in [0, 0.05) is 6.54 Å². The molecular weight excluding hydrogens is 400 g/mol. The van der Waals surface area contributed by atoms with Crippen LogP contribution in [0, 0.1) is 11.3 Å². The molecule has 6 rings (SSSR count). The van der Waals surface area contributed by atoms with Crippen LogP contribution in [0.1, 0.15) is 50.3 Å². The number of hydrogen-bond donors (Lipinski definition) is 1. The fourth-order valence-electron chi connectivity index (χ4n) is 5.72. The Bertz CT molecular complexity index is 994. The van der Waals surface area contributed by atoms with Gasteiger partial charge in [0.2, 0.25) is 0 Å². The number of rotatable bonds is 4. The first-order valence-corrected chi connectivity index (χ1v) is 11.9. The predicted octanol–water partition coefficient (Wildman–Crippen LogP) is 5.20. The fraction of sp³-hybridized carbons (Fsp3) is 0.519. The summed E-state index contributed by atoms with van der Waals surface area (Å²) in [5, 5.41) is 3.25. The van der Waals surface area contributed by atoms with E-state index in [-0.39, 0.29) is 23.7 Å². The van der Waals surface area contributed by atoms with Crippen LogP contribution < -0.4 is 10.1 Å². The summed E-state index contributed by atoms with van der Waals surface area (Å²) >= 11 is 0. The van der Waals surface area contributed by atoms with E-state index in [9.17, 15) is 4.79 Å². The van der Waals surface area contributed by atoms with Crippen molar-refractivity contribution in [1.82, 2.24) is 10.2 Å². The summed E-state index contributed by atoms with van der Waals surface area (Å²) < 4.78 is 11.3. The van der Waals surface area contributed by atoms with Crippen LogP contribution >= 0.6 is 0 Å². The number of carbonyl (C=O) groups excluding carboxylic acids is 1. The molecule has 5 heteroatoms. The van der Waals surface area contributed by atoms with E-state index in [0.29, 0.717) is 5.92 Å². The van der Waals surface area contributed by atoms with Crippen molar-refractivity contribution in [3.05, 3.63) is 53.6 Å². The number of ether oxygens (including phenoxy) is 2. The molecule has 170 valence electrons. The average Bonchev–Trinajstić information content (AvgIpc) is 2.81. The third-order valence-corrected chi connectivity index (χ3v) is 7.79. The zero-order valence-corrected chi connectivity index (χ0v) is 19.4. The van der Waals surface area contributed by atoms with Gasteiger partial charge in [0.1, 0.15) is 11.9 Å². The van der Waals surface area contributed by atoms with Crippen LogP contribution in [0.3, 0.4) is 0 Å². The molecule has 0 aromatic heterocycles. The number of carbonyl (C=O) groups is 1. The summed E-state index contributed by atoms with van der Waals surface area (Å²) in [4.78, 5) is 15.4. The first-order valence-electron chi connectivity index (χ1n) is 11.9. The second kappa shape index (κ2) is 8.43. The largest absolute Gasteiger partial charge is 0.497 e. The summed E-state index contributed by atoms with van der Waals surface area (Å²) in [6.07, 6.45) is 4.07. The molecule has 1 N–H and O–H groups in total. The lowest BCUT2D eigenvalue weighted by molar-refractivity contribution is -0.0353. The SMILES string of the molecule is COc1cccc(-c2ccc3c(c2)CCC(C)(C)C3NC(=O)O[C@@H]2CN3CCC2CC3)c1. The third-order valence-electron chi connectivity index (χ3n) is 7.79. The van der Waals surface area contributed by atoms with Crippen LogP contribution in [0.5, 0.6) is 5.75 Å². The molecule has 2 atom stereocenters. The Morgan fingerprint density at radius 3 is 2.59 bits per heavy atom. The number of nitrogens with one attached hydrogen (secondary N) is 1. The molecule has 0 saturated carbocycles. The number of benzene rings is 2. The standard InChI is InChI=1S/C27H34N2O3/c1-27(2)12-9-21-15-20(19-5-4-6-22(16-19)31-3)7-8-23(21)25(27)28-26(30)32-24-17-29-13-10-18(24)11-14-29/h4-8,15-16,18,24-25H,9-14,17H2,1-3H3,(H,28,30)/t24-,25?/m1/s1. The van der Waals surface area contributed by atoms with Crippen molar-refractivity contribution in [3.8, 4) is 16.9 Å². The quantitative estimate of drug-likeness (QED) is 0.719. The van der Waals surface area contributed by atoms with Crippen molar-refractivity contribution in [3.63, 3.8) is 0 Å². The smallest absolute Gasteiger partial charge is 0.407 e. The van der Waals surface area contributed by atoms with E-state index in [2.05, 4.69) is 54.4 Å². The molecule has 0 spiro atoms. The van der Waals surface area contributed by atoms with Crippen molar-refractivity contribution in [2.45, 2.75) is 51.7 Å². The number of fused-ring (bicyclic) bond motifs is 4. The molecule has 1 amide bonds. The Kier molecular flexibility index (Phi) is 5.62. The number of nitrogens with zero attached hydrogens (tertiary/aromatic N) is 1. The van der Waals surface area contributed by atoms with Crippen molar-refractivity contribution >= 4 is 6.09 Å². The number of piperidine rings is 3. The summed E-state index contributed by atoms with van der Waals surface area (Å²) in [6, 6.07) is 14.7. The highest BCUT2D eigenvalue weighted by atomic mass is 16.6. The molecule has 4 aliphatic rings. The number of alkyl carbamates (subject to hydrolysis) is 1. The van der Waals surface area contributed by atoms with Gasteiger partial charge < -0.3 is 14.8 Å². The second-order valence-corrected chi connectivity index (χ2v) is 10.3. The van der Waals surface area contributed by atoms with Crippen LogP contribution in [-0.2, 0) is 11.2 Å². The Morgan fingerprint density at radius 1 is 1.09 bits per heavy atom. The molecule has 32 heavy (non-hydrogen) atoms. The van der Waals surface area contributed by atoms with E-state index in [1.54, 1.807) is 7.11 Å². The molecule has 1 unspecified atom stereocenters. The van der Waals surface area contributed by atoms with Gasteiger partial charge in [-0.25, -0.2) is 4.79 Å². The van der Waals surface area contributed by atoms with Gasteiger partial charge in [-0.2, -0.15) is 0 Å².